The highest BCUT2D eigenvalue weighted by Gasteiger charge is 2.18. The van der Waals surface area contributed by atoms with Gasteiger partial charge in [-0.2, -0.15) is 0 Å². The molecule has 0 unspecified atom stereocenters. The van der Waals surface area contributed by atoms with Gasteiger partial charge in [0.2, 0.25) is 0 Å². The first-order chi connectivity index (χ1) is 16.7. The SMILES string of the molecule is O=C(Nc1ccc2ncsc2c1)c1csc(NC(=O)c2sccc2CCCN2CCOCC2)n1. The zero-order valence-corrected chi connectivity index (χ0v) is 20.7. The quantitative estimate of drug-likeness (QED) is 0.358. The first-order valence-corrected chi connectivity index (χ1v) is 13.6. The van der Waals surface area contributed by atoms with E-state index in [9.17, 15) is 9.59 Å². The van der Waals surface area contributed by atoms with E-state index in [4.69, 9.17) is 4.74 Å². The number of rotatable bonds is 8. The van der Waals surface area contributed by atoms with Crippen molar-refractivity contribution in [3.63, 3.8) is 0 Å². The minimum Gasteiger partial charge on any atom is -0.379 e. The second-order valence-electron chi connectivity index (χ2n) is 7.81. The van der Waals surface area contributed by atoms with Crippen LogP contribution in [0.5, 0.6) is 0 Å². The van der Waals surface area contributed by atoms with Gasteiger partial charge in [0.1, 0.15) is 5.69 Å². The Morgan fingerprint density at radius 2 is 1.94 bits per heavy atom. The number of hydrogen-bond donors (Lipinski definition) is 2. The lowest BCUT2D eigenvalue weighted by Gasteiger charge is -2.26. The molecule has 4 aromatic rings. The third-order valence-corrected chi connectivity index (χ3v) is 8.03. The topological polar surface area (TPSA) is 96.5 Å². The number of amides is 2. The predicted octanol–water partition coefficient (Wildman–Crippen LogP) is 4.58. The van der Waals surface area contributed by atoms with Crippen LogP contribution in [0, 0.1) is 0 Å². The highest BCUT2D eigenvalue weighted by atomic mass is 32.1. The number of benzene rings is 1. The Morgan fingerprint density at radius 3 is 2.82 bits per heavy atom. The summed E-state index contributed by atoms with van der Waals surface area (Å²) in [6.45, 7) is 4.53. The molecule has 8 nitrogen and oxygen atoms in total. The van der Waals surface area contributed by atoms with Crippen LogP contribution in [0.25, 0.3) is 10.2 Å². The number of carbonyl (C=O) groups excluding carboxylic acids is 2. The lowest BCUT2D eigenvalue weighted by atomic mass is 10.1. The number of nitrogens with zero attached hydrogens (tertiary/aromatic N) is 3. The standard InChI is InChI=1S/C23H23N5O3S3/c29-21(25-16-3-4-17-19(12-16)34-14-24-17)18-13-33-23(26-18)27-22(30)20-15(5-11-32-20)2-1-6-28-7-9-31-10-8-28/h3-5,11-14H,1-2,6-10H2,(H,25,29)(H,26,27,30). The van der Waals surface area contributed by atoms with E-state index in [1.165, 1.54) is 34.0 Å². The van der Waals surface area contributed by atoms with Gasteiger partial charge in [-0.3, -0.25) is 19.8 Å². The van der Waals surface area contributed by atoms with Gasteiger partial charge in [-0.25, -0.2) is 9.97 Å². The van der Waals surface area contributed by atoms with Gasteiger partial charge < -0.3 is 10.1 Å². The van der Waals surface area contributed by atoms with Crippen molar-refractivity contribution in [1.29, 1.82) is 0 Å². The van der Waals surface area contributed by atoms with Crippen molar-refractivity contribution in [3.8, 4) is 0 Å². The van der Waals surface area contributed by atoms with Gasteiger partial charge >= 0.3 is 0 Å². The molecule has 1 saturated heterocycles. The Morgan fingerprint density at radius 1 is 1.06 bits per heavy atom. The fourth-order valence-corrected chi connectivity index (χ4v) is 6.02. The summed E-state index contributed by atoms with van der Waals surface area (Å²) in [5, 5.41) is 9.70. The molecule has 0 aliphatic carbocycles. The van der Waals surface area contributed by atoms with Crippen LogP contribution >= 0.6 is 34.0 Å². The molecule has 4 heterocycles. The molecule has 11 heteroatoms. The van der Waals surface area contributed by atoms with Crippen LogP contribution in [0.3, 0.4) is 0 Å². The molecule has 0 bridgehead atoms. The molecule has 0 spiro atoms. The fraction of sp³-hybridized carbons (Fsp3) is 0.304. The first kappa shape index (κ1) is 23.1. The zero-order valence-electron chi connectivity index (χ0n) is 18.3. The molecule has 1 aliphatic rings. The van der Waals surface area contributed by atoms with Gasteiger partial charge in [-0.15, -0.1) is 34.0 Å². The van der Waals surface area contributed by atoms with Gasteiger partial charge in [0.25, 0.3) is 11.8 Å². The van der Waals surface area contributed by atoms with Crippen LogP contribution < -0.4 is 10.6 Å². The van der Waals surface area contributed by atoms with Crippen LogP contribution in [-0.4, -0.2) is 59.5 Å². The maximum absolute atomic E-state index is 12.9. The van der Waals surface area contributed by atoms with E-state index in [0.29, 0.717) is 15.7 Å². The molecule has 34 heavy (non-hydrogen) atoms. The molecule has 1 aromatic carbocycles. The normalized spacial score (nSPS) is 14.4. The molecular weight excluding hydrogens is 490 g/mol. The van der Waals surface area contributed by atoms with Gasteiger partial charge in [-0.1, -0.05) is 0 Å². The van der Waals surface area contributed by atoms with Crippen molar-refractivity contribution in [2.24, 2.45) is 0 Å². The van der Waals surface area contributed by atoms with E-state index < -0.39 is 0 Å². The maximum atomic E-state index is 12.9. The Kier molecular flexibility index (Phi) is 7.26. The van der Waals surface area contributed by atoms with Crippen molar-refractivity contribution in [1.82, 2.24) is 14.9 Å². The van der Waals surface area contributed by atoms with Crippen molar-refractivity contribution < 1.29 is 14.3 Å². The summed E-state index contributed by atoms with van der Waals surface area (Å²) in [6, 6.07) is 7.58. The Hall–Kier alpha value is -2.70. The molecule has 0 atom stereocenters. The monoisotopic (exact) mass is 513 g/mol. The summed E-state index contributed by atoms with van der Waals surface area (Å²) in [4.78, 5) is 37.1. The number of thiophene rings is 1. The zero-order chi connectivity index (χ0) is 23.3. The molecule has 0 radical (unpaired) electrons. The number of carbonyl (C=O) groups is 2. The molecule has 176 valence electrons. The summed E-state index contributed by atoms with van der Waals surface area (Å²) < 4.78 is 6.39. The molecule has 3 aromatic heterocycles. The molecule has 0 saturated carbocycles. The van der Waals surface area contributed by atoms with E-state index in [1.807, 2.05) is 29.6 Å². The number of hydrogen-bond acceptors (Lipinski definition) is 9. The number of anilines is 2. The number of aromatic nitrogens is 2. The van der Waals surface area contributed by atoms with E-state index in [0.717, 1.165) is 61.5 Å². The molecule has 2 N–H and O–H groups in total. The summed E-state index contributed by atoms with van der Waals surface area (Å²) in [5.74, 6) is -0.506. The molecule has 1 aliphatic heterocycles. The van der Waals surface area contributed by atoms with Gasteiger partial charge in [0.15, 0.2) is 5.13 Å². The van der Waals surface area contributed by atoms with Gasteiger partial charge in [0, 0.05) is 24.2 Å². The highest BCUT2D eigenvalue weighted by molar-refractivity contribution is 7.16. The minimum atomic E-state index is -0.319. The summed E-state index contributed by atoms with van der Waals surface area (Å²) >= 11 is 4.18. The van der Waals surface area contributed by atoms with Crippen LogP contribution in [0.2, 0.25) is 0 Å². The third-order valence-electron chi connectivity index (χ3n) is 5.52. The van der Waals surface area contributed by atoms with Crippen LogP contribution in [0.1, 0.15) is 32.1 Å². The van der Waals surface area contributed by atoms with E-state index >= 15 is 0 Å². The van der Waals surface area contributed by atoms with Crippen molar-refractivity contribution in [2.45, 2.75) is 12.8 Å². The Labute approximate surface area is 208 Å². The third kappa shape index (κ3) is 5.50. The second kappa shape index (κ2) is 10.7. The predicted molar refractivity (Wildman–Crippen MR) is 138 cm³/mol. The summed E-state index contributed by atoms with van der Waals surface area (Å²) in [5.41, 5.74) is 4.66. The molecular formula is C23H23N5O3S3. The average molecular weight is 514 g/mol. The number of morpholine rings is 1. The number of ether oxygens (including phenoxy) is 1. The molecule has 2 amide bonds. The summed E-state index contributed by atoms with van der Waals surface area (Å²) in [6.07, 6.45) is 1.84. The number of fused-ring (bicyclic) bond motifs is 1. The molecule has 5 rings (SSSR count). The van der Waals surface area contributed by atoms with Crippen LogP contribution in [0.4, 0.5) is 10.8 Å². The van der Waals surface area contributed by atoms with E-state index in [2.05, 4.69) is 25.5 Å². The number of thiazole rings is 2. The van der Waals surface area contributed by atoms with Gasteiger partial charge in [0.05, 0.1) is 33.8 Å². The van der Waals surface area contributed by atoms with Crippen molar-refractivity contribution >= 4 is 66.9 Å². The lowest BCUT2D eigenvalue weighted by molar-refractivity contribution is 0.0374. The summed E-state index contributed by atoms with van der Waals surface area (Å²) in [7, 11) is 0. The smallest absolute Gasteiger partial charge is 0.275 e. The van der Waals surface area contributed by atoms with Crippen molar-refractivity contribution in [3.05, 3.63) is 56.7 Å². The Bertz CT molecular complexity index is 1290. The number of nitrogens with one attached hydrogen (secondary N) is 2. The van der Waals surface area contributed by atoms with Crippen LogP contribution in [-0.2, 0) is 11.2 Å². The highest BCUT2D eigenvalue weighted by Crippen LogP contribution is 2.24. The largest absolute Gasteiger partial charge is 0.379 e. The first-order valence-electron chi connectivity index (χ1n) is 10.9. The average Bonchev–Trinajstić information content (AvgIpc) is 3.60. The minimum absolute atomic E-state index is 0.187. The van der Waals surface area contributed by atoms with E-state index in [1.54, 1.807) is 10.9 Å². The van der Waals surface area contributed by atoms with E-state index in [-0.39, 0.29) is 17.5 Å². The second-order valence-corrected chi connectivity index (χ2v) is 10.5. The maximum Gasteiger partial charge on any atom is 0.275 e. The van der Waals surface area contributed by atoms with Gasteiger partial charge in [-0.05, 0) is 54.6 Å². The lowest BCUT2D eigenvalue weighted by Crippen LogP contribution is -2.36. The number of aryl methyl sites for hydroxylation is 1. The molecule has 1 fully saturated rings. The van der Waals surface area contributed by atoms with Crippen LogP contribution in [0.15, 0.2) is 40.5 Å². The fourth-order valence-electron chi connectivity index (χ4n) is 3.77. The Balaban J connectivity index is 1.16. The van der Waals surface area contributed by atoms with Crippen molar-refractivity contribution in [2.75, 3.05) is 43.5 Å².